The molecule has 2 atom stereocenters. The second-order valence-corrected chi connectivity index (χ2v) is 9.10. The molecule has 0 fully saturated rings. The van der Waals surface area contributed by atoms with Crippen LogP contribution in [0.5, 0.6) is 0 Å². The number of carbonyl (C=O) groups is 2. The molecule has 11 nitrogen and oxygen atoms in total. The summed E-state index contributed by atoms with van der Waals surface area (Å²) in [6.45, 7) is 3.88. The van der Waals surface area contributed by atoms with Gasteiger partial charge in [0.1, 0.15) is 0 Å². The van der Waals surface area contributed by atoms with Crippen LogP contribution in [-0.2, 0) is 9.59 Å². The van der Waals surface area contributed by atoms with Gasteiger partial charge in [0.25, 0.3) is 5.96 Å². The van der Waals surface area contributed by atoms with E-state index in [1.807, 2.05) is 38.1 Å². The number of allylic oxidation sites excluding steroid dienone is 1. The first-order valence-electron chi connectivity index (χ1n) is 10.8. The van der Waals surface area contributed by atoms with Gasteiger partial charge in [-0.05, 0) is 49.0 Å². The molecule has 0 aromatic heterocycles. The molecule has 0 saturated carbocycles. The Balaban J connectivity index is 2.85. The maximum atomic E-state index is 12.9. The maximum absolute atomic E-state index is 12.9. The first-order valence-corrected chi connectivity index (χ1v) is 11.6. The van der Waals surface area contributed by atoms with Gasteiger partial charge in [0.15, 0.2) is 10.8 Å². The third-order valence-corrected chi connectivity index (χ3v) is 5.29. The lowest BCUT2D eigenvalue weighted by Gasteiger charge is -2.23. The van der Waals surface area contributed by atoms with Gasteiger partial charge in [-0.2, -0.15) is 0 Å². The Bertz CT molecular complexity index is 879. The van der Waals surface area contributed by atoms with E-state index in [0.29, 0.717) is 12.8 Å². The quantitative estimate of drug-likeness (QED) is 0.0447. The van der Waals surface area contributed by atoms with Crippen LogP contribution in [-0.4, -0.2) is 52.3 Å². The Morgan fingerprint density at radius 2 is 1.94 bits per heavy atom. The lowest BCUT2D eigenvalue weighted by molar-refractivity contribution is -0.525. The predicted octanol–water partition coefficient (Wildman–Crippen LogP) is 1.46. The third-order valence-electron chi connectivity index (χ3n) is 4.76. The smallest absolute Gasteiger partial charge is 0.426 e. The predicted molar refractivity (Wildman–Crippen MR) is 134 cm³/mol. The normalized spacial score (nSPS) is 13.5. The Morgan fingerprint density at radius 3 is 2.50 bits per heavy atom. The summed E-state index contributed by atoms with van der Waals surface area (Å²) in [5, 5.41) is 31.4. The molecule has 1 amide bonds. The van der Waals surface area contributed by atoms with Crippen molar-refractivity contribution in [3.63, 3.8) is 0 Å². The molecule has 0 aliphatic heterocycles. The molecule has 0 bridgehead atoms. The van der Waals surface area contributed by atoms with Crippen molar-refractivity contribution < 1.29 is 24.7 Å². The lowest BCUT2D eigenvalue weighted by Crippen LogP contribution is -2.49. The summed E-state index contributed by atoms with van der Waals surface area (Å²) in [7, 11) is -1.74. The molecule has 0 saturated heterocycles. The molecule has 0 heterocycles. The molecule has 1 aromatic rings. The number of rotatable bonds is 14. The summed E-state index contributed by atoms with van der Waals surface area (Å²) in [5.74, 6) is -2.64. The SMILES string of the molecule is CC(C)C[C@H](NC(=O)[C@H](CCCN=C(N)N[N+](=O)[O-])CC(=O)/C=C/c1ccc(Br)cc1)B(O)O. The highest BCUT2D eigenvalue weighted by Crippen LogP contribution is 2.16. The van der Waals surface area contributed by atoms with Crippen LogP contribution in [0.1, 0.15) is 45.1 Å². The number of nitrogens with one attached hydrogen (secondary N) is 2. The van der Waals surface area contributed by atoms with Crippen LogP contribution in [0.15, 0.2) is 39.8 Å². The van der Waals surface area contributed by atoms with Gasteiger partial charge in [0.2, 0.25) is 5.91 Å². The minimum atomic E-state index is -1.74. The molecular weight excluding hydrogens is 509 g/mol. The number of hydrogen-bond donors (Lipinski definition) is 5. The standard InChI is InChI=1S/C21H31BBrN5O6/c1-14(2)12-19(22(31)32)26-20(30)16(4-3-11-25-21(24)27-28(33)34)13-18(29)10-7-15-5-8-17(23)9-6-15/h5-10,14,16,19,31-32H,3-4,11-13H2,1-2H3,(H,26,30)(H3,24,25,27)/b10-7+/t16-,19+/m1/s1. The van der Waals surface area contributed by atoms with E-state index in [1.165, 1.54) is 6.08 Å². The van der Waals surface area contributed by atoms with E-state index in [0.717, 1.165) is 10.0 Å². The maximum Gasteiger partial charge on any atom is 0.475 e. The minimum absolute atomic E-state index is 0.0961. The fourth-order valence-electron chi connectivity index (χ4n) is 3.13. The van der Waals surface area contributed by atoms with E-state index in [-0.39, 0.29) is 37.0 Å². The zero-order valence-electron chi connectivity index (χ0n) is 19.2. The number of aliphatic imine (C=N–C) groups is 1. The van der Waals surface area contributed by atoms with Crippen molar-refractivity contribution in [3.8, 4) is 0 Å². The molecule has 13 heteroatoms. The van der Waals surface area contributed by atoms with E-state index >= 15 is 0 Å². The highest BCUT2D eigenvalue weighted by Gasteiger charge is 2.29. The van der Waals surface area contributed by atoms with Gasteiger partial charge in [0.05, 0.1) is 5.94 Å². The van der Waals surface area contributed by atoms with E-state index < -0.39 is 29.9 Å². The van der Waals surface area contributed by atoms with Crippen molar-refractivity contribution >= 4 is 46.8 Å². The zero-order valence-corrected chi connectivity index (χ0v) is 20.8. The fourth-order valence-corrected chi connectivity index (χ4v) is 3.39. The third kappa shape index (κ3) is 12.5. The number of benzene rings is 1. The largest absolute Gasteiger partial charge is 0.475 e. The topological polar surface area (TPSA) is 180 Å². The minimum Gasteiger partial charge on any atom is -0.426 e. The molecule has 0 unspecified atom stereocenters. The van der Waals surface area contributed by atoms with Crippen LogP contribution in [0.4, 0.5) is 0 Å². The number of carbonyl (C=O) groups excluding carboxylic acids is 2. The zero-order chi connectivity index (χ0) is 25.7. The number of nitro groups is 1. The Morgan fingerprint density at radius 1 is 1.29 bits per heavy atom. The summed E-state index contributed by atoms with van der Waals surface area (Å²) in [6, 6.07) is 7.35. The monoisotopic (exact) mass is 539 g/mol. The van der Waals surface area contributed by atoms with Crippen LogP contribution in [0.2, 0.25) is 0 Å². The van der Waals surface area contributed by atoms with Gasteiger partial charge >= 0.3 is 7.12 Å². The average molecular weight is 540 g/mol. The van der Waals surface area contributed by atoms with E-state index in [1.54, 1.807) is 11.5 Å². The van der Waals surface area contributed by atoms with Crippen LogP contribution in [0.25, 0.3) is 6.08 Å². The molecule has 6 N–H and O–H groups in total. The van der Waals surface area contributed by atoms with E-state index in [2.05, 4.69) is 26.2 Å². The fraction of sp³-hybridized carbons (Fsp3) is 0.476. The summed E-state index contributed by atoms with van der Waals surface area (Å²) in [4.78, 5) is 39.6. The number of halogens is 1. The molecule has 0 spiro atoms. The number of amides is 1. The molecule has 34 heavy (non-hydrogen) atoms. The Hall–Kier alpha value is -2.77. The molecule has 1 rings (SSSR count). The van der Waals surface area contributed by atoms with Crippen molar-refractivity contribution in [2.24, 2.45) is 22.6 Å². The number of guanidine groups is 1. The number of nitrogens with zero attached hydrogens (tertiary/aromatic N) is 2. The number of hydrogen-bond acceptors (Lipinski definition) is 7. The lowest BCUT2D eigenvalue weighted by atomic mass is 9.74. The molecular formula is C21H31BBrN5O6. The number of ketones is 1. The molecule has 0 aliphatic rings. The van der Waals surface area contributed by atoms with Gasteiger partial charge < -0.3 is 21.1 Å². The highest BCUT2D eigenvalue weighted by atomic mass is 79.9. The van der Waals surface area contributed by atoms with Crippen LogP contribution in [0.3, 0.4) is 0 Å². The highest BCUT2D eigenvalue weighted by molar-refractivity contribution is 9.10. The second kappa shape index (κ2) is 15.2. The van der Waals surface area contributed by atoms with Crippen molar-refractivity contribution in [3.05, 3.63) is 50.5 Å². The molecule has 1 aromatic carbocycles. The summed E-state index contributed by atoms with van der Waals surface area (Å²) < 4.78 is 0.909. The summed E-state index contributed by atoms with van der Waals surface area (Å²) in [5.41, 5.74) is 7.93. The van der Waals surface area contributed by atoms with Gasteiger partial charge in [-0.3, -0.25) is 9.59 Å². The van der Waals surface area contributed by atoms with E-state index in [4.69, 9.17) is 5.73 Å². The van der Waals surface area contributed by atoms with Crippen molar-refractivity contribution in [1.29, 1.82) is 0 Å². The van der Waals surface area contributed by atoms with Crippen LogP contribution in [0, 0.1) is 22.0 Å². The van der Waals surface area contributed by atoms with Gasteiger partial charge in [0, 0.05) is 23.4 Å². The van der Waals surface area contributed by atoms with Crippen LogP contribution >= 0.6 is 15.9 Å². The Labute approximate surface area is 207 Å². The summed E-state index contributed by atoms with van der Waals surface area (Å²) in [6.07, 6.45) is 3.87. The second-order valence-electron chi connectivity index (χ2n) is 8.19. The van der Waals surface area contributed by atoms with Crippen molar-refractivity contribution in [1.82, 2.24) is 10.7 Å². The van der Waals surface area contributed by atoms with Gasteiger partial charge in [-0.1, -0.05) is 53.4 Å². The average Bonchev–Trinajstić information content (AvgIpc) is 2.74. The number of nitrogens with two attached hydrogens (primary N) is 1. The number of hydrazine groups is 1. The first-order chi connectivity index (χ1) is 16.0. The Kier molecular flexibility index (Phi) is 13.1. The van der Waals surface area contributed by atoms with Gasteiger partial charge in [-0.25, -0.2) is 15.1 Å². The molecule has 186 valence electrons. The summed E-state index contributed by atoms with van der Waals surface area (Å²) >= 11 is 3.34. The first kappa shape index (κ1) is 29.3. The molecule has 0 radical (unpaired) electrons. The van der Waals surface area contributed by atoms with Crippen molar-refractivity contribution in [2.75, 3.05) is 6.54 Å². The van der Waals surface area contributed by atoms with Gasteiger partial charge in [-0.15, -0.1) is 0 Å². The molecule has 0 aliphatic carbocycles. The van der Waals surface area contributed by atoms with Crippen LogP contribution < -0.4 is 16.5 Å². The van der Waals surface area contributed by atoms with Crippen molar-refractivity contribution in [2.45, 2.75) is 45.5 Å². The van der Waals surface area contributed by atoms with E-state index in [9.17, 15) is 29.8 Å².